The third kappa shape index (κ3) is 2.92. The van der Waals surface area contributed by atoms with E-state index in [0.29, 0.717) is 6.42 Å². The standard InChI is InChI=1S/C17H22N4/c1-12-14(7-6-10-18)17(21(4)5)15-11-13(20(2)3)8-9-16(15)19-12/h8-9,11H,6-7H2,1-5H3. The van der Waals surface area contributed by atoms with Gasteiger partial charge in [-0.05, 0) is 37.1 Å². The van der Waals surface area contributed by atoms with Gasteiger partial charge in [0.25, 0.3) is 0 Å². The van der Waals surface area contributed by atoms with Crippen LogP contribution in [-0.4, -0.2) is 33.2 Å². The fourth-order valence-corrected chi connectivity index (χ4v) is 2.66. The van der Waals surface area contributed by atoms with E-state index < -0.39 is 0 Å². The molecule has 0 radical (unpaired) electrons. The molecule has 110 valence electrons. The van der Waals surface area contributed by atoms with E-state index in [4.69, 9.17) is 10.2 Å². The Balaban J connectivity index is 2.75. The molecule has 2 aromatic rings. The maximum atomic E-state index is 8.89. The van der Waals surface area contributed by atoms with E-state index in [-0.39, 0.29) is 0 Å². The number of nitriles is 1. The molecule has 0 fully saturated rings. The number of aryl methyl sites for hydroxylation is 1. The minimum Gasteiger partial charge on any atom is -0.378 e. The van der Waals surface area contributed by atoms with Crippen molar-refractivity contribution >= 4 is 22.3 Å². The van der Waals surface area contributed by atoms with Gasteiger partial charge in [-0.15, -0.1) is 0 Å². The molecule has 1 heterocycles. The van der Waals surface area contributed by atoms with Gasteiger partial charge in [-0.2, -0.15) is 5.26 Å². The van der Waals surface area contributed by atoms with Crippen LogP contribution in [0.2, 0.25) is 0 Å². The van der Waals surface area contributed by atoms with Crippen LogP contribution in [0.25, 0.3) is 10.9 Å². The first kappa shape index (κ1) is 15.1. The first-order valence-corrected chi connectivity index (χ1v) is 7.10. The molecule has 0 atom stereocenters. The van der Waals surface area contributed by atoms with Crippen molar-refractivity contribution in [3.05, 3.63) is 29.5 Å². The first-order chi connectivity index (χ1) is 9.95. The molecule has 0 aliphatic rings. The Morgan fingerprint density at radius 2 is 1.86 bits per heavy atom. The summed E-state index contributed by atoms with van der Waals surface area (Å²) in [5, 5.41) is 10.0. The zero-order valence-corrected chi connectivity index (χ0v) is 13.4. The van der Waals surface area contributed by atoms with Crippen LogP contribution in [0, 0.1) is 18.3 Å². The molecule has 4 heteroatoms. The molecular formula is C17H22N4. The Labute approximate surface area is 126 Å². The smallest absolute Gasteiger partial charge is 0.0727 e. The second-order valence-electron chi connectivity index (χ2n) is 5.67. The number of nitrogens with zero attached hydrogens (tertiary/aromatic N) is 4. The van der Waals surface area contributed by atoms with Crippen LogP contribution in [0.3, 0.4) is 0 Å². The summed E-state index contributed by atoms with van der Waals surface area (Å²) in [5.74, 6) is 0. The highest BCUT2D eigenvalue weighted by Gasteiger charge is 2.15. The van der Waals surface area contributed by atoms with Gasteiger partial charge in [-0.3, -0.25) is 4.98 Å². The van der Waals surface area contributed by atoms with Gasteiger partial charge in [0.05, 0.1) is 17.3 Å². The van der Waals surface area contributed by atoms with Crippen molar-refractivity contribution in [2.24, 2.45) is 0 Å². The summed E-state index contributed by atoms with van der Waals surface area (Å²) in [6.45, 7) is 2.03. The van der Waals surface area contributed by atoms with Gasteiger partial charge in [0.2, 0.25) is 0 Å². The molecule has 0 aliphatic carbocycles. The monoisotopic (exact) mass is 282 g/mol. The van der Waals surface area contributed by atoms with Crippen molar-refractivity contribution < 1.29 is 0 Å². The largest absolute Gasteiger partial charge is 0.378 e. The summed E-state index contributed by atoms with van der Waals surface area (Å²) in [6, 6.07) is 8.56. The van der Waals surface area contributed by atoms with Gasteiger partial charge < -0.3 is 9.80 Å². The van der Waals surface area contributed by atoms with E-state index in [2.05, 4.69) is 34.1 Å². The predicted molar refractivity (Wildman–Crippen MR) is 89.1 cm³/mol. The lowest BCUT2D eigenvalue weighted by Gasteiger charge is -2.22. The quantitative estimate of drug-likeness (QED) is 0.864. The predicted octanol–water partition coefficient (Wildman–Crippen LogP) is 3.13. The summed E-state index contributed by atoms with van der Waals surface area (Å²) >= 11 is 0. The molecule has 2 rings (SSSR count). The lowest BCUT2D eigenvalue weighted by Crippen LogP contribution is -2.14. The van der Waals surface area contributed by atoms with Crippen molar-refractivity contribution in [1.82, 2.24) is 4.98 Å². The number of rotatable bonds is 4. The van der Waals surface area contributed by atoms with Crippen LogP contribution in [0.1, 0.15) is 17.7 Å². The van der Waals surface area contributed by atoms with Gasteiger partial charge in [0.1, 0.15) is 0 Å². The summed E-state index contributed by atoms with van der Waals surface area (Å²) in [7, 11) is 8.17. The Morgan fingerprint density at radius 1 is 1.14 bits per heavy atom. The zero-order chi connectivity index (χ0) is 15.6. The average Bonchev–Trinajstić information content (AvgIpc) is 2.43. The molecule has 4 nitrogen and oxygen atoms in total. The van der Waals surface area contributed by atoms with Crippen molar-refractivity contribution in [1.29, 1.82) is 5.26 Å². The molecule has 1 aromatic carbocycles. The van der Waals surface area contributed by atoms with E-state index in [0.717, 1.165) is 28.7 Å². The summed E-state index contributed by atoms with van der Waals surface area (Å²) in [6.07, 6.45) is 1.26. The van der Waals surface area contributed by atoms with Crippen LogP contribution >= 0.6 is 0 Å². The minimum absolute atomic E-state index is 0.516. The van der Waals surface area contributed by atoms with E-state index in [9.17, 15) is 0 Å². The lowest BCUT2D eigenvalue weighted by atomic mass is 10.0. The third-order valence-electron chi connectivity index (χ3n) is 3.70. The van der Waals surface area contributed by atoms with Gasteiger partial charge in [0, 0.05) is 51.4 Å². The van der Waals surface area contributed by atoms with E-state index in [1.165, 1.54) is 11.3 Å². The van der Waals surface area contributed by atoms with Crippen molar-refractivity contribution in [3.63, 3.8) is 0 Å². The molecule has 1 aromatic heterocycles. The van der Waals surface area contributed by atoms with E-state index >= 15 is 0 Å². The zero-order valence-electron chi connectivity index (χ0n) is 13.4. The summed E-state index contributed by atoms with van der Waals surface area (Å²) in [5.41, 5.74) is 5.52. The van der Waals surface area contributed by atoms with E-state index in [1.807, 2.05) is 35.1 Å². The van der Waals surface area contributed by atoms with Crippen molar-refractivity contribution in [2.75, 3.05) is 38.0 Å². The molecule has 0 unspecified atom stereocenters. The Kier molecular flexibility index (Phi) is 4.32. The Bertz CT molecular complexity index is 696. The van der Waals surface area contributed by atoms with Crippen LogP contribution < -0.4 is 9.80 Å². The molecule has 0 N–H and O–H groups in total. The van der Waals surface area contributed by atoms with Crippen molar-refractivity contribution in [2.45, 2.75) is 19.8 Å². The molecule has 0 saturated carbocycles. The average molecular weight is 282 g/mol. The highest BCUT2D eigenvalue weighted by molar-refractivity contribution is 5.96. The Hall–Kier alpha value is -2.28. The SMILES string of the molecule is Cc1nc2ccc(N(C)C)cc2c(N(C)C)c1CCC#N. The molecule has 0 bridgehead atoms. The highest BCUT2D eigenvalue weighted by Crippen LogP contribution is 2.33. The van der Waals surface area contributed by atoms with Crippen molar-refractivity contribution in [3.8, 4) is 6.07 Å². The van der Waals surface area contributed by atoms with Crippen LogP contribution in [0.4, 0.5) is 11.4 Å². The first-order valence-electron chi connectivity index (χ1n) is 7.10. The molecule has 0 aliphatic heterocycles. The fourth-order valence-electron chi connectivity index (χ4n) is 2.66. The van der Waals surface area contributed by atoms with Crippen LogP contribution in [0.15, 0.2) is 18.2 Å². The third-order valence-corrected chi connectivity index (χ3v) is 3.70. The van der Waals surface area contributed by atoms with E-state index in [1.54, 1.807) is 0 Å². The second-order valence-corrected chi connectivity index (χ2v) is 5.67. The number of hydrogen-bond acceptors (Lipinski definition) is 4. The molecule has 0 saturated heterocycles. The lowest BCUT2D eigenvalue weighted by molar-refractivity contribution is 0.960. The number of hydrogen-bond donors (Lipinski definition) is 0. The summed E-state index contributed by atoms with van der Waals surface area (Å²) in [4.78, 5) is 8.94. The minimum atomic E-state index is 0.516. The number of fused-ring (bicyclic) bond motifs is 1. The van der Waals surface area contributed by atoms with Gasteiger partial charge in [0.15, 0.2) is 0 Å². The fraction of sp³-hybridized carbons (Fsp3) is 0.412. The van der Waals surface area contributed by atoms with Gasteiger partial charge in [-0.25, -0.2) is 0 Å². The Morgan fingerprint density at radius 3 is 2.43 bits per heavy atom. The normalized spacial score (nSPS) is 10.5. The number of pyridine rings is 1. The highest BCUT2D eigenvalue weighted by atomic mass is 15.1. The maximum Gasteiger partial charge on any atom is 0.0727 e. The molecule has 21 heavy (non-hydrogen) atoms. The number of anilines is 2. The number of benzene rings is 1. The second kappa shape index (κ2) is 6.01. The topological polar surface area (TPSA) is 43.2 Å². The van der Waals surface area contributed by atoms with Gasteiger partial charge in [-0.1, -0.05) is 0 Å². The van der Waals surface area contributed by atoms with Crippen LogP contribution in [0.5, 0.6) is 0 Å². The van der Waals surface area contributed by atoms with Gasteiger partial charge >= 0.3 is 0 Å². The molecular weight excluding hydrogens is 260 g/mol. The maximum absolute atomic E-state index is 8.89. The van der Waals surface area contributed by atoms with Crippen LogP contribution in [-0.2, 0) is 6.42 Å². The summed E-state index contributed by atoms with van der Waals surface area (Å²) < 4.78 is 0. The molecule has 0 amide bonds. The number of aromatic nitrogens is 1. The molecule has 0 spiro atoms.